The molecular formula is C13H14Cl3FN4. The van der Waals surface area contributed by atoms with Crippen LogP contribution in [-0.4, -0.2) is 24.1 Å². The Labute approximate surface area is 137 Å². The van der Waals surface area contributed by atoms with Gasteiger partial charge in [0.15, 0.2) is 0 Å². The van der Waals surface area contributed by atoms with Gasteiger partial charge in [0, 0.05) is 23.7 Å². The molecule has 0 aliphatic carbocycles. The van der Waals surface area contributed by atoms with E-state index in [1.807, 2.05) is 0 Å². The van der Waals surface area contributed by atoms with Crippen molar-refractivity contribution < 1.29 is 4.39 Å². The fraction of sp³-hybridized carbons (Fsp3) is 0.231. The summed E-state index contributed by atoms with van der Waals surface area (Å²) in [4.78, 5) is 4.04. The van der Waals surface area contributed by atoms with Crippen LogP contribution >= 0.6 is 34.8 Å². The topological polar surface area (TPSA) is 74.3 Å². The van der Waals surface area contributed by atoms with E-state index in [1.165, 1.54) is 24.3 Å². The third-order valence-corrected chi connectivity index (χ3v) is 3.31. The van der Waals surface area contributed by atoms with Gasteiger partial charge in [-0.3, -0.25) is 10.4 Å². The maximum absolute atomic E-state index is 13.3. The maximum Gasteiger partial charge on any atom is 0.142 e. The Morgan fingerprint density at radius 1 is 1.38 bits per heavy atom. The molecule has 0 aliphatic rings. The van der Waals surface area contributed by atoms with E-state index in [4.69, 9.17) is 45.9 Å². The number of benzene rings is 1. The molecule has 0 fully saturated rings. The number of hydrogen-bond acceptors (Lipinski definition) is 3. The molecule has 0 amide bonds. The lowest BCUT2D eigenvalue weighted by Gasteiger charge is -2.08. The molecule has 0 aliphatic heterocycles. The van der Waals surface area contributed by atoms with Crippen LogP contribution in [0.3, 0.4) is 0 Å². The van der Waals surface area contributed by atoms with Crippen molar-refractivity contribution in [1.82, 2.24) is 5.32 Å². The van der Waals surface area contributed by atoms with Gasteiger partial charge in [0.25, 0.3) is 0 Å². The Bertz CT molecular complexity index is 573. The summed E-state index contributed by atoms with van der Waals surface area (Å²) in [7, 11) is 0. The van der Waals surface area contributed by atoms with Gasteiger partial charge in [-0.1, -0.05) is 34.8 Å². The summed E-state index contributed by atoms with van der Waals surface area (Å²) in [5.41, 5.74) is 6.08. The van der Waals surface area contributed by atoms with Crippen LogP contribution in [0.15, 0.2) is 29.3 Å². The number of hydrogen-bond donors (Lipinski definition) is 3. The van der Waals surface area contributed by atoms with E-state index in [1.54, 1.807) is 0 Å². The molecule has 21 heavy (non-hydrogen) atoms. The van der Waals surface area contributed by atoms with Gasteiger partial charge in [0.05, 0.1) is 11.6 Å². The SMILES string of the molecule is N=C(Cl)C=CC(N)=NCCNCc1c(Cl)ccc(F)c1Cl. The Balaban J connectivity index is 2.43. The molecule has 1 aromatic rings. The number of rotatable bonds is 7. The number of nitrogens with zero attached hydrogens (tertiary/aromatic N) is 1. The summed E-state index contributed by atoms with van der Waals surface area (Å²) >= 11 is 17.1. The molecule has 8 heteroatoms. The first-order valence-corrected chi connectivity index (χ1v) is 7.10. The lowest BCUT2D eigenvalue weighted by Crippen LogP contribution is -2.19. The highest BCUT2D eigenvalue weighted by Crippen LogP contribution is 2.26. The number of halogens is 4. The quantitative estimate of drug-likeness (QED) is 0.305. The zero-order chi connectivity index (χ0) is 15.8. The molecule has 0 heterocycles. The second-order valence-corrected chi connectivity index (χ2v) is 5.18. The number of aliphatic imine (C=N–C) groups is 1. The van der Waals surface area contributed by atoms with Crippen molar-refractivity contribution in [3.05, 3.63) is 45.7 Å². The minimum absolute atomic E-state index is 0.0153. The average molecular weight is 352 g/mol. The monoisotopic (exact) mass is 350 g/mol. The minimum Gasteiger partial charge on any atom is -0.384 e. The van der Waals surface area contributed by atoms with Crippen LogP contribution in [0.5, 0.6) is 0 Å². The molecule has 1 aromatic carbocycles. The molecule has 0 spiro atoms. The van der Waals surface area contributed by atoms with Crippen molar-refractivity contribution in [1.29, 1.82) is 5.41 Å². The average Bonchev–Trinajstić information content (AvgIpc) is 2.43. The van der Waals surface area contributed by atoms with E-state index in [0.29, 0.717) is 30.2 Å². The Morgan fingerprint density at radius 2 is 2.10 bits per heavy atom. The molecule has 0 radical (unpaired) electrons. The van der Waals surface area contributed by atoms with Crippen LogP contribution in [-0.2, 0) is 6.54 Å². The lowest BCUT2D eigenvalue weighted by atomic mass is 10.2. The summed E-state index contributed by atoms with van der Waals surface area (Å²) < 4.78 is 13.3. The van der Waals surface area contributed by atoms with Crippen molar-refractivity contribution in [3.8, 4) is 0 Å². The first kappa shape index (κ1) is 17.9. The van der Waals surface area contributed by atoms with Gasteiger partial charge in [-0.15, -0.1) is 0 Å². The molecule has 0 unspecified atom stereocenters. The summed E-state index contributed by atoms with van der Waals surface area (Å²) in [6.07, 6.45) is 2.77. The van der Waals surface area contributed by atoms with Crippen LogP contribution in [0, 0.1) is 11.2 Å². The lowest BCUT2D eigenvalue weighted by molar-refractivity contribution is 0.621. The summed E-state index contributed by atoms with van der Waals surface area (Å²) in [6.45, 7) is 1.25. The van der Waals surface area contributed by atoms with E-state index in [2.05, 4.69) is 10.3 Å². The molecule has 0 atom stereocenters. The van der Waals surface area contributed by atoms with Crippen molar-refractivity contribution in [2.45, 2.75) is 6.54 Å². The summed E-state index contributed by atoms with van der Waals surface area (Å²) in [5, 5.41) is 10.3. The standard InChI is InChI=1S/C13H14Cl3FN4/c14-9-1-2-10(17)13(16)8(9)7-20-5-6-21-12(19)4-3-11(15)18/h1-4,18,20H,5-7H2,(H2,19,21). The predicted molar refractivity (Wildman–Crippen MR) is 87.3 cm³/mol. The van der Waals surface area contributed by atoms with E-state index in [9.17, 15) is 4.39 Å². The first-order valence-electron chi connectivity index (χ1n) is 5.97. The fourth-order valence-electron chi connectivity index (χ4n) is 1.42. The molecule has 114 valence electrons. The van der Waals surface area contributed by atoms with Crippen molar-refractivity contribution >= 4 is 45.8 Å². The molecule has 0 aromatic heterocycles. The second kappa shape index (κ2) is 9.00. The zero-order valence-corrected chi connectivity index (χ0v) is 13.2. The van der Waals surface area contributed by atoms with Crippen molar-refractivity contribution in [2.75, 3.05) is 13.1 Å². The molecule has 0 saturated carbocycles. The van der Waals surface area contributed by atoms with Crippen LogP contribution in [0.2, 0.25) is 10.0 Å². The highest BCUT2D eigenvalue weighted by atomic mass is 35.5. The van der Waals surface area contributed by atoms with Crippen LogP contribution < -0.4 is 11.1 Å². The van der Waals surface area contributed by atoms with Gasteiger partial charge < -0.3 is 11.1 Å². The number of nitrogens with two attached hydrogens (primary N) is 1. The van der Waals surface area contributed by atoms with Gasteiger partial charge in [-0.05, 0) is 24.3 Å². The molecule has 4 nitrogen and oxygen atoms in total. The van der Waals surface area contributed by atoms with Crippen LogP contribution in [0.1, 0.15) is 5.56 Å². The molecule has 4 N–H and O–H groups in total. The van der Waals surface area contributed by atoms with Crippen molar-refractivity contribution in [2.24, 2.45) is 10.7 Å². The minimum atomic E-state index is -0.506. The second-order valence-electron chi connectivity index (χ2n) is 3.99. The largest absolute Gasteiger partial charge is 0.384 e. The number of nitrogens with one attached hydrogen (secondary N) is 2. The smallest absolute Gasteiger partial charge is 0.142 e. The van der Waals surface area contributed by atoms with Crippen molar-refractivity contribution in [3.63, 3.8) is 0 Å². The van der Waals surface area contributed by atoms with E-state index < -0.39 is 5.82 Å². The third kappa shape index (κ3) is 6.44. The van der Waals surface area contributed by atoms with Crippen LogP contribution in [0.4, 0.5) is 4.39 Å². The highest BCUT2D eigenvalue weighted by molar-refractivity contribution is 6.67. The first-order chi connectivity index (χ1) is 9.91. The molecular weight excluding hydrogens is 338 g/mol. The highest BCUT2D eigenvalue weighted by Gasteiger charge is 2.09. The molecule has 0 saturated heterocycles. The molecule has 0 bridgehead atoms. The third-order valence-electron chi connectivity index (χ3n) is 2.42. The Hall–Kier alpha value is -1.14. The Kier molecular flexibility index (Phi) is 7.67. The van der Waals surface area contributed by atoms with Gasteiger partial charge in [0.2, 0.25) is 0 Å². The maximum atomic E-state index is 13.3. The van der Waals surface area contributed by atoms with E-state index in [0.717, 1.165) is 0 Å². The number of amidine groups is 1. The van der Waals surface area contributed by atoms with Gasteiger partial charge in [-0.25, -0.2) is 4.39 Å². The fourth-order valence-corrected chi connectivity index (χ4v) is 1.99. The van der Waals surface area contributed by atoms with E-state index >= 15 is 0 Å². The Morgan fingerprint density at radius 3 is 2.76 bits per heavy atom. The summed E-state index contributed by atoms with van der Waals surface area (Å²) in [5.74, 6) is -0.238. The van der Waals surface area contributed by atoms with Gasteiger partial charge in [-0.2, -0.15) is 0 Å². The normalized spacial score (nSPS) is 12.1. The summed E-state index contributed by atoms with van der Waals surface area (Å²) in [6, 6.07) is 2.68. The number of allylic oxidation sites excluding steroid dienone is 1. The predicted octanol–water partition coefficient (Wildman–Crippen LogP) is 3.35. The van der Waals surface area contributed by atoms with Gasteiger partial charge >= 0.3 is 0 Å². The zero-order valence-electron chi connectivity index (χ0n) is 11.0. The van der Waals surface area contributed by atoms with Gasteiger partial charge in [0.1, 0.15) is 16.8 Å². The van der Waals surface area contributed by atoms with E-state index in [-0.39, 0.29) is 16.0 Å². The van der Waals surface area contributed by atoms with Crippen LogP contribution in [0.25, 0.3) is 0 Å². The molecule has 1 rings (SSSR count).